The summed E-state index contributed by atoms with van der Waals surface area (Å²) >= 11 is 0. The molecular weight excluding hydrogens is 484 g/mol. The van der Waals surface area contributed by atoms with Crippen molar-refractivity contribution in [3.63, 3.8) is 0 Å². The van der Waals surface area contributed by atoms with Crippen LogP contribution in [0.5, 0.6) is 11.5 Å². The van der Waals surface area contributed by atoms with Gasteiger partial charge < -0.3 is 23.9 Å². The highest BCUT2D eigenvalue weighted by molar-refractivity contribution is 5.92. The minimum atomic E-state index is -0.768. The summed E-state index contributed by atoms with van der Waals surface area (Å²) in [6.07, 6.45) is 11.3. The van der Waals surface area contributed by atoms with E-state index in [9.17, 15) is 14.7 Å². The predicted octanol–water partition coefficient (Wildman–Crippen LogP) is 3.66. The van der Waals surface area contributed by atoms with Gasteiger partial charge in [-0.3, -0.25) is 14.5 Å². The largest absolute Gasteiger partial charge is 0.504 e. The van der Waals surface area contributed by atoms with Gasteiger partial charge >= 0.3 is 5.97 Å². The fraction of sp³-hybridized carbons (Fsp3) is 0.533. The standard InChI is InChI=1S/C30H34N2O6/c1-18(33)38-30-11-9-22(31(2)25(35)8-5-20-10-14-36-17-20)28-29(30)12-13-32(16-19-3-4-19)24(30)15-21-6-7-23(34)27(37-28)26(21)29/h5-8,10,14,17,19,22,24,28,34H,3-4,9,11-13,15-16H2,1-2H3/b8-5+/t22?,24-,28?,29+,30-/m1/s1. The number of phenols is 1. The molecule has 5 atom stereocenters. The van der Waals surface area contributed by atoms with Crippen molar-refractivity contribution in [3.05, 3.63) is 53.5 Å². The number of likely N-dealkylation sites (N-methyl/N-ethyl adjacent to an activating group) is 1. The number of carbonyl (C=O) groups excluding carboxylic acids is 2. The molecule has 2 saturated carbocycles. The lowest BCUT2D eigenvalue weighted by Gasteiger charge is -2.65. The number of likely N-dealkylation sites (tertiary alicyclic amines) is 1. The SMILES string of the molecule is CC(=O)O[C@@]12CCC(N(C)C(=O)/C=C/c3ccoc3)C3Oc4c(O)ccc5c4[C@@]31CCN(CC1CC1)[C@@H]2C5. The molecule has 1 aromatic heterocycles. The number of amides is 1. The lowest BCUT2D eigenvalue weighted by Crippen LogP contribution is -2.79. The first-order chi connectivity index (χ1) is 18.3. The van der Waals surface area contributed by atoms with Crippen molar-refractivity contribution < 1.29 is 28.6 Å². The van der Waals surface area contributed by atoms with Gasteiger partial charge in [-0.05, 0) is 74.8 Å². The summed E-state index contributed by atoms with van der Waals surface area (Å²) in [6, 6.07) is 5.33. The molecule has 1 aromatic carbocycles. The predicted molar refractivity (Wildman–Crippen MR) is 139 cm³/mol. The number of furan rings is 1. The molecule has 5 aliphatic rings. The number of esters is 1. The van der Waals surface area contributed by atoms with Crippen LogP contribution in [0.1, 0.15) is 55.7 Å². The van der Waals surface area contributed by atoms with Gasteiger partial charge in [-0.25, -0.2) is 0 Å². The number of hydrogen-bond donors (Lipinski definition) is 1. The van der Waals surface area contributed by atoms with Crippen molar-refractivity contribution in [1.82, 2.24) is 9.80 Å². The fourth-order valence-corrected chi connectivity index (χ4v) is 8.10. The monoisotopic (exact) mass is 518 g/mol. The van der Waals surface area contributed by atoms with Gasteiger partial charge in [0.2, 0.25) is 5.91 Å². The zero-order valence-electron chi connectivity index (χ0n) is 21.9. The third kappa shape index (κ3) is 3.25. The maximum Gasteiger partial charge on any atom is 0.303 e. The van der Waals surface area contributed by atoms with E-state index in [1.165, 1.54) is 19.8 Å². The Labute approximate surface area is 222 Å². The molecular formula is C30H34N2O6. The Morgan fingerprint density at radius 2 is 2.08 bits per heavy atom. The van der Waals surface area contributed by atoms with E-state index < -0.39 is 17.1 Å². The van der Waals surface area contributed by atoms with E-state index in [2.05, 4.69) is 4.90 Å². The smallest absolute Gasteiger partial charge is 0.303 e. The van der Waals surface area contributed by atoms with Crippen molar-refractivity contribution >= 4 is 18.0 Å². The molecule has 2 aromatic rings. The first-order valence-electron chi connectivity index (χ1n) is 13.8. The fourth-order valence-electron chi connectivity index (χ4n) is 8.10. The number of ether oxygens (including phenoxy) is 2. The molecule has 1 saturated heterocycles. The Hall–Kier alpha value is -3.26. The number of benzene rings is 1. The average molecular weight is 519 g/mol. The van der Waals surface area contributed by atoms with E-state index in [0.29, 0.717) is 24.5 Å². The third-order valence-corrected chi connectivity index (χ3v) is 9.82. The normalized spacial score (nSPS) is 33.1. The number of aromatic hydroxyl groups is 1. The number of phenolic OH excluding ortho intramolecular Hbond substituents is 1. The maximum atomic E-state index is 13.3. The van der Waals surface area contributed by atoms with Crippen molar-refractivity contribution in [2.75, 3.05) is 20.1 Å². The number of carbonyl (C=O) groups is 2. The first-order valence-corrected chi connectivity index (χ1v) is 13.8. The molecule has 38 heavy (non-hydrogen) atoms. The maximum absolute atomic E-state index is 13.3. The molecule has 1 amide bonds. The van der Waals surface area contributed by atoms with E-state index in [1.807, 2.05) is 13.1 Å². The molecule has 3 fully saturated rings. The zero-order chi connectivity index (χ0) is 26.2. The molecule has 8 heteroatoms. The molecule has 2 unspecified atom stereocenters. The number of hydrogen-bond acceptors (Lipinski definition) is 7. The summed E-state index contributed by atoms with van der Waals surface area (Å²) in [6.45, 7) is 3.40. The molecule has 1 spiro atoms. The number of nitrogens with zero attached hydrogens (tertiary/aromatic N) is 2. The van der Waals surface area contributed by atoms with Crippen LogP contribution in [0.15, 0.2) is 41.2 Å². The molecule has 0 radical (unpaired) electrons. The highest BCUT2D eigenvalue weighted by Gasteiger charge is 2.75. The highest BCUT2D eigenvalue weighted by Crippen LogP contribution is 2.67. The van der Waals surface area contributed by atoms with Crippen LogP contribution in [0.3, 0.4) is 0 Å². The molecule has 2 bridgehead atoms. The van der Waals surface area contributed by atoms with E-state index in [1.54, 1.807) is 41.7 Å². The number of piperidine rings is 1. The van der Waals surface area contributed by atoms with Crippen molar-refractivity contribution in [3.8, 4) is 11.5 Å². The minimum absolute atomic E-state index is 0.0396. The quantitative estimate of drug-likeness (QED) is 0.461. The minimum Gasteiger partial charge on any atom is -0.504 e. The average Bonchev–Trinajstić information content (AvgIpc) is 3.40. The van der Waals surface area contributed by atoms with Gasteiger partial charge in [-0.2, -0.15) is 0 Å². The van der Waals surface area contributed by atoms with Gasteiger partial charge in [0.1, 0.15) is 11.7 Å². The Morgan fingerprint density at radius 3 is 2.82 bits per heavy atom. The lowest BCUT2D eigenvalue weighted by atomic mass is 9.48. The van der Waals surface area contributed by atoms with E-state index in [-0.39, 0.29) is 29.7 Å². The third-order valence-electron chi connectivity index (χ3n) is 9.82. The van der Waals surface area contributed by atoms with E-state index >= 15 is 0 Å². The second-order valence-electron chi connectivity index (χ2n) is 11.8. The summed E-state index contributed by atoms with van der Waals surface area (Å²) < 4.78 is 18.3. The second kappa shape index (κ2) is 8.37. The van der Waals surface area contributed by atoms with Crippen LogP contribution in [0.2, 0.25) is 0 Å². The second-order valence-corrected chi connectivity index (χ2v) is 11.8. The van der Waals surface area contributed by atoms with Crippen LogP contribution < -0.4 is 4.74 Å². The first kappa shape index (κ1) is 23.8. The van der Waals surface area contributed by atoms with Crippen LogP contribution in [0.4, 0.5) is 0 Å². The Balaban J connectivity index is 1.32. The number of rotatable bonds is 6. The molecule has 1 N–H and O–H groups in total. The summed E-state index contributed by atoms with van der Waals surface area (Å²) in [4.78, 5) is 30.4. The van der Waals surface area contributed by atoms with E-state index in [0.717, 1.165) is 42.6 Å². The zero-order valence-corrected chi connectivity index (χ0v) is 21.9. The Bertz CT molecular complexity index is 1320. The van der Waals surface area contributed by atoms with Gasteiger partial charge in [0.15, 0.2) is 11.5 Å². The van der Waals surface area contributed by atoms with Crippen molar-refractivity contribution in [2.45, 2.75) is 74.7 Å². The Morgan fingerprint density at radius 1 is 1.24 bits per heavy atom. The van der Waals surface area contributed by atoms with Crippen LogP contribution in [0.25, 0.3) is 6.08 Å². The molecule has 7 rings (SSSR count). The van der Waals surface area contributed by atoms with Crippen molar-refractivity contribution in [1.29, 1.82) is 0 Å². The molecule has 200 valence electrons. The van der Waals surface area contributed by atoms with Gasteiger partial charge in [0, 0.05) is 37.7 Å². The summed E-state index contributed by atoms with van der Waals surface area (Å²) in [5, 5.41) is 10.9. The van der Waals surface area contributed by atoms with Gasteiger partial charge in [0.05, 0.1) is 30.0 Å². The Kier molecular flexibility index (Phi) is 5.25. The van der Waals surface area contributed by atoms with Gasteiger partial charge in [-0.15, -0.1) is 0 Å². The van der Waals surface area contributed by atoms with Crippen LogP contribution >= 0.6 is 0 Å². The van der Waals surface area contributed by atoms with Crippen molar-refractivity contribution in [2.24, 2.45) is 5.92 Å². The van der Waals surface area contributed by atoms with Crippen LogP contribution in [0, 0.1) is 5.92 Å². The van der Waals surface area contributed by atoms with Crippen LogP contribution in [-0.4, -0.2) is 70.7 Å². The highest BCUT2D eigenvalue weighted by atomic mass is 16.6. The summed E-state index contributed by atoms with van der Waals surface area (Å²) in [5.41, 5.74) is 1.57. The summed E-state index contributed by atoms with van der Waals surface area (Å²) in [5.74, 6) is 0.905. The topological polar surface area (TPSA) is 92.5 Å². The van der Waals surface area contributed by atoms with Gasteiger partial charge in [-0.1, -0.05) is 6.07 Å². The molecule has 3 heterocycles. The molecule has 8 nitrogen and oxygen atoms in total. The van der Waals surface area contributed by atoms with Crippen LogP contribution in [-0.2, 0) is 26.2 Å². The molecule has 2 aliphatic heterocycles. The lowest BCUT2D eigenvalue weighted by molar-refractivity contribution is -0.223. The van der Waals surface area contributed by atoms with E-state index in [4.69, 9.17) is 13.9 Å². The summed E-state index contributed by atoms with van der Waals surface area (Å²) in [7, 11) is 1.82. The van der Waals surface area contributed by atoms with Gasteiger partial charge in [0.25, 0.3) is 0 Å². The molecule has 3 aliphatic carbocycles.